The normalized spacial score (nSPS) is 13.1. The van der Waals surface area contributed by atoms with Gasteiger partial charge in [-0.25, -0.2) is 4.98 Å². The second-order valence-electron chi connectivity index (χ2n) is 4.73. The zero-order valence-electron chi connectivity index (χ0n) is 11.9. The average molecular weight is 288 g/mol. The van der Waals surface area contributed by atoms with Crippen LogP contribution in [0.25, 0.3) is 0 Å². The number of hydrogen-bond donors (Lipinski definition) is 1. The fourth-order valence-corrected chi connectivity index (χ4v) is 2.56. The fraction of sp³-hybridized carbons (Fsp3) is 0.357. The highest BCUT2D eigenvalue weighted by Crippen LogP contribution is 2.39. The summed E-state index contributed by atoms with van der Waals surface area (Å²) in [6, 6.07) is 3.70. The molecule has 0 fully saturated rings. The van der Waals surface area contributed by atoms with Crippen molar-refractivity contribution >= 4 is 11.6 Å². The molecule has 1 aliphatic rings. The van der Waals surface area contributed by atoms with Crippen molar-refractivity contribution in [3.05, 3.63) is 29.8 Å². The van der Waals surface area contributed by atoms with Crippen molar-refractivity contribution in [1.29, 1.82) is 0 Å². The first-order valence-corrected chi connectivity index (χ1v) is 6.62. The van der Waals surface area contributed by atoms with Gasteiger partial charge in [0.1, 0.15) is 23.7 Å². The van der Waals surface area contributed by atoms with E-state index in [1.807, 2.05) is 12.1 Å². The summed E-state index contributed by atoms with van der Waals surface area (Å²) in [5, 5.41) is 6.46. The molecule has 2 heterocycles. The topological polar surface area (TPSA) is 80.3 Å². The van der Waals surface area contributed by atoms with E-state index in [1.165, 1.54) is 6.33 Å². The molecule has 0 saturated heterocycles. The third-order valence-corrected chi connectivity index (χ3v) is 3.58. The van der Waals surface area contributed by atoms with Crippen LogP contribution in [0, 0.1) is 0 Å². The zero-order valence-corrected chi connectivity index (χ0v) is 11.9. The van der Waals surface area contributed by atoms with Crippen LogP contribution in [0.3, 0.4) is 0 Å². The SMILES string of the molecule is COc1cc(OC)c2c(c1)N(C(=O)Cc1ncn[nH]1)CC2. The van der Waals surface area contributed by atoms with Crippen molar-refractivity contribution in [2.24, 2.45) is 0 Å². The van der Waals surface area contributed by atoms with E-state index < -0.39 is 0 Å². The Morgan fingerprint density at radius 3 is 2.90 bits per heavy atom. The first-order chi connectivity index (χ1) is 10.2. The van der Waals surface area contributed by atoms with Crippen molar-refractivity contribution in [3.63, 3.8) is 0 Å². The number of carbonyl (C=O) groups excluding carboxylic acids is 1. The molecule has 0 aliphatic carbocycles. The van der Waals surface area contributed by atoms with Crippen LogP contribution in [-0.2, 0) is 17.6 Å². The van der Waals surface area contributed by atoms with Crippen molar-refractivity contribution in [2.45, 2.75) is 12.8 Å². The Balaban J connectivity index is 1.90. The van der Waals surface area contributed by atoms with E-state index in [1.54, 1.807) is 19.1 Å². The van der Waals surface area contributed by atoms with Crippen molar-refractivity contribution in [3.8, 4) is 11.5 Å². The summed E-state index contributed by atoms with van der Waals surface area (Å²) in [7, 11) is 3.21. The lowest BCUT2D eigenvalue weighted by molar-refractivity contribution is -0.118. The van der Waals surface area contributed by atoms with Gasteiger partial charge in [0, 0.05) is 24.2 Å². The molecule has 0 unspecified atom stereocenters. The largest absolute Gasteiger partial charge is 0.497 e. The maximum absolute atomic E-state index is 12.4. The Morgan fingerprint density at radius 1 is 1.38 bits per heavy atom. The summed E-state index contributed by atoms with van der Waals surface area (Å²) in [6.07, 6.45) is 2.36. The second kappa shape index (κ2) is 5.43. The van der Waals surface area contributed by atoms with Crippen LogP contribution in [0.5, 0.6) is 11.5 Å². The molecular weight excluding hydrogens is 272 g/mol. The molecule has 1 aromatic heterocycles. The predicted octanol–water partition coefficient (Wildman–Crippen LogP) is 0.954. The minimum Gasteiger partial charge on any atom is -0.497 e. The van der Waals surface area contributed by atoms with E-state index in [0.29, 0.717) is 18.1 Å². The van der Waals surface area contributed by atoms with Gasteiger partial charge in [-0.1, -0.05) is 0 Å². The van der Waals surface area contributed by atoms with Gasteiger partial charge >= 0.3 is 0 Å². The highest BCUT2D eigenvalue weighted by molar-refractivity contribution is 5.97. The van der Waals surface area contributed by atoms with Gasteiger partial charge in [-0.15, -0.1) is 0 Å². The summed E-state index contributed by atoms with van der Waals surface area (Å²) in [6.45, 7) is 0.631. The zero-order chi connectivity index (χ0) is 14.8. The molecule has 7 heteroatoms. The summed E-state index contributed by atoms with van der Waals surface area (Å²) in [4.78, 5) is 18.2. The Hall–Kier alpha value is -2.57. The van der Waals surface area contributed by atoms with Crippen LogP contribution >= 0.6 is 0 Å². The lowest BCUT2D eigenvalue weighted by atomic mass is 10.1. The van der Waals surface area contributed by atoms with Gasteiger partial charge < -0.3 is 14.4 Å². The summed E-state index contributed by atoms with van der Waals surface area (Å²) >= 11 is 0. The number of ether oxygens (including phenoxy) is 2. The molecule has 1 N–H and O–H groups in total. The minimum absolute atomic E-state index is 0.0270. The molecule has 3 rings (SSSR count). The first kappa shape index (κ1) is 13.4. The number of hydrogen-bond acceptors (Lipinski definition) is 5. The monoisotopic (exact) mass is 288 g/mol. The molecule has 0 atom stereocenters. The molecular formula is C14H16N4O3. The van der Waals surface area contributed by atoms with Crippen LogP contribution in [0.4, 0.5) is 5.69 Å². The smallest absolute Gasteiger partial charge is 0.234 e. The van der Waals surface area contributed by atoms with Crippen molar-refractivity contribution in [1.82, 2.24) is 15.2 Å². The predicted molar refractivity (Wildman–Crippen MR) is 75.7 cm³/mol. The van der Waals surface area contributed by atoms with Gasteiger partial charge in [0.2, 0.25) is 5.91 Å². The number of carbonyl (C=O) groups is 1. The van der Waals surface area contributed by atoms with Gasteiger partial charge in [-0.3, -0.25) is 9.89 Å². The lowest BCUT2D eigenvalue weighted by Gasteiger charge is -2.18. The Labute approximate surface area is 121 Å². The highest BCUT2D eigenvalue weighted by atomic mass is 16.5. The van der Waals surface area contributed by atoms with E-state index in [2.05, 4.69) is 15.2 Å². The molecule has 0 spiro atoms. The number of aromatic amines is 1. The molecule has 1 aromatic carbocycles. The minimum atomic E-state index is -0.0270. The van der Waals surface area contributed by atoms with Crippen LogP contribution in [0.1, 0.15) is 11.4 Å². The third-order valence-electron chi connectivity index (χ3n) is 3.58. The number of rotatable bonds is 4. The number of amides is 1. The van der Waals surface area contributed by atoms with E-state index in [-0.39, 0.29) is 12.3 Å². The van der Waals surface area contributed by atoms with Crippen LogP contribution in [-0.4, -0.2) is 41.9 Å². The number of H-pyrrole nitrogens is 1. The number of fused-ring (bicyclic) bond motifs is 1. The maximum atomic E-state index is 12.4. The standard InChI is InChI=1S/C14H16N4O3/c1-20-9-5-11-10(12(6-9)21-2)3-4-18(11)14(19)7-13-15-8-16-17-13/h5-6,8H,3-4,7H2,1-2H3,(H,15,16,17). The Morgan fingerprint density at radius 2 is 2.24 bits per heavy atom. The van der Waals surface area contributed by atoms with Gasteiger partial charge in [0.25, 0.3) is 0 Å². The van der Waals surface area contributed by atoms with E-state index >= 15 is 0 Å². The van der Waals surface area contributed by atoms with Crippen LogP contribution in [0.15, 0.2) is 18.5 Å². The lowest BCUT2D eigenvalue weighted by Crippen LogP contribution is -2.30. The Kier molecular flexibility index (Phi) is 3.47. The van der Waals surface area contributed by atoms with Gasteiger partial charge in [0.15, 0.2) is 0 Å². The number of methoxy groups -OCH3 is 2. The summed E-state index contributed by atoms with van der Waals surface area (Å²) in [5.41, 5.74) is 1.87. The third kappa shape index (κ3) is 2.42. The van der Waals surface area contributed by atoms with Gasteiger partial charge in [0.05, 0.1) is 26.3 Å². The molecule has 1 amide bonds. The number of anilines is 1. The quantitative estimate of drug-likeness (QED) is 0.906. The van der Waals surface area contributed by atoms with Crippen molar-refractivity contribution in [2.75, 3.05) is 25.7 Å². The molecule has 0 radical (unpaired) electrons. The first-order valence-electron chi connectivity index (χ1n) is 6.62. The van der Waals surface area contributed by atoms with Crippen LogP contribution in [0.2, 0.25) is 0 Å². The molecule has 0 saturated carbocycles. The van der Waals surface area contributed by atoms with E-state index in [0.717, 1.165) is 23.4 Å². The van der Waals surface area contributed by atoms with E-state index in [9.17, 15) is 4.79 Å². The Bertz CT molecular complexity index is 654. The van der Waals surface area contributed by atoms with Crippen molar-refractivity contribution < 1.29 is 14.3 Å². The molecule has 21 heavy (non-hydrogen) atoms. The summed E-state index contributed by atoms with van der Waals surface area (Å²) in [5.74, 6) is 1.95. The number of nitrogens with zero attached hydrogens (tertiary/aromatic N) is 3. The fourth-order valence-electron chi connectivity index (χ4n) is 2.56. The molecule has 1 aliphatic heterocycles. The number of nitrogens with one attached hydrogen (secondary N) is 1. The highest BCUT2D eigenvalue weighted by Gasteiger charge is 2.28. The second-order valence-corrected chi connectivity index (χ2v) is 4.73. The molecule has 0 bridgehead atoms. The number of benzene rings is 1. The summed E-state index contributed by atoms with van der Waals surface area (Å²) < 4.78 is 10.7. The van der Waals surface area contributed by atoms with E-state index in [4.69, 9.17) is 9.47 Å². The molecule has 7 nitrogen and oxygen atoms in total. The van der Waals surface area contributed by atoms with Gasteiger partial charge in [-0.2, -0.15) is 5.10 Å². The molecule has 110 valence electrons. The number of aromatic nitrogens is 3. The average Bonchev–Trinajstić information content (AvgIpc) is 3.14. The van der Waals surface area contributed by atoms with Gasteiger partial charge in [-0.05, 0) is 6.42 Å². The van der Waals surface area contributed by atoms with Crippen LogP contribution < -0.4 is 14.4 Å². The maximum Gasteiger partial charge on any atom is 0.234 e. The molecule has 2 aromatic rings.